The van der Waals surface area contributed by atoms with Gasteiger partial charge in [-0.2, -0.15) is 0 Å². The molecule has 0 bridgehead atoms. The van der Waals surface area contributed by atoms with E-state index in [2.05, 4.69) is 5.32 Å². The smallest absolute Gasteiger partial charge is 0.238 e. The Labute approximate surface area is 144 Å². The molecule has 0 saturated heterocycles. The third-order valence-electron chi connectivity index (χ3n) is 3.01. The number of amides is 1. The Kier molecular flexibility index (Phi) is 6.09. The van der Waals surface area contributed by atoms with Gasteiger partial charge in [0.2, 0.25) is 5.91 Å². The number of hydrogen-bond acceptors (Lipinski definition) is 2. The first-order chi connectivity index (χ1) is 10.5. The van der Waals surface area contributed by atoms with E-state index in [4.69, 9.17) is 34.8 Å². The fraction of sp³-hybridized carbons (Fsp3) is 0.188. The molecular formula is C16H15Cl3N2O. The zero-order chi connectivity index (χ0) is 16.1. The van der Waals surface area contributed by atoms with Crippen LogP contribution in [0.15, 0.2) is 42.5 Å². The highest BCUT2D eigenvalue weighted by Crippen LogP contribution is 2.25. The predicted molar refractivity (Wildman–Crippen MR) is 92.9 cm³/mol. The van der Waals surface area contributed by atoms with E-state index >= 15 is 0 Å². The lowest BCUT2D eigenvalue weighted by Crippen LogP contribution is -2.30. The van der Waals surface area contributed by atoms with Crippen molar-refractivity contribution in [3.05, 3.63) is 63.1 Å². The first-order valence-electron chi connectivity index (χ1n) is 6.62. The van der Waals surface area contributed by atoms with Gasteiger partial charge in [-0.05, 0) is 36.9 Å². The van der Waals surface area contributed by atoms with Gasteiger partial charge in [-0.3, -0.25) is 9.69 Å². The Hall–Kier alpha value is -1.26. The number of likely N-dealkylation sites (N-methyl/N-ethyl adjacent to an activating group) is 1. The summed E-state index contributed by atoms with van der Waals surface area (Å²) in [6.07, 6.45) is 0. The maximum atomic E-state index is 12.1. The number of nitrogens with one attached hydrogen (secondary N) is 1. The second kappa shape index (κ2) is 7.84. The quantitative estimate of drug-likeness (QED) is 0.840. The molecule has 0 spiro atoms. The average molecular weight is 358 g/mol. The Morgan fingerprint density at radius 2 is 1.82 bits per heavy atom. The summed E-state index contributed by atoms with van der Waals surface area (Å²) in [7, 11) is 1.85. The SMILES string of the molecule is CN(CC(=O)Nc1cc(Cl)ccc1Cl)Cc1ccccc1Cl. The van der Waals surface area contributed by atoms with Crippen molar-refractivity contribution in [1.29, 1.82) is 0 Å². The topological polar surface area (TPSA) is 32.3 Å². The summed E-state index contributed by atoms with van der Waals surface area (Å²) in [6, 6.07) is 12.5. The van der Waals surface area contributed by atoms with Gasteiger partial charge in [0, 0.05) is 16.6 Å². The van der Waals surface area contributed by atoms with Crippen molar-refractivity contribution < 1.29 is 4.79 Å². The van der Waals surface area contributed by atoms with Gasteiger partial charge in [0.1, 0.15) is 0 Å². The number of nitrogens with zero attached hydrogens (tertiary/aromatic N) is 1. The van der Waals surface area contributed by atoms with Gasteiger partial charge in [-0.15, -0.1) is 0 Å². The van der Waals surface area contributed by atoms with Crippen molar-refractivity contribution in [3.8, 4) is 0 Å². The van der Waals surface area contributed by atoms with Gasteiger partial charge in [0.05, 0.1) is 17.3 Å². The molecule has 3 nitrogen and oxygen atoms in total. The largest absolute Gasteiger partial charge is 0.324 e. The van der Waals surface area contributed by atoms with Crippen molar-refractivity contribution in [2.75, 3.05) is 18.9 Å². The van der Waals surface area contributed by atoms with Crippen LogP contribution >= 0.6 is 34.8 Å². The van der Waals surface area contributed by atoms with Gasteiger partial charge in [0.25, 0.3) is 0 Å². The number of carbonyl (C=O) groups excluding carboxylic acids is 1. The fourth-order valence-electron chi connectivity index (χ4n) is 2.00. The molecule has 0 unspecified atom stereocenters. The maximum Gasteiger partial charge on any atom is 0.238 e. The van der Waals surface area contributed by atoms with Gasteiger partial charge in [-0.1, -0.05) is 53.0 Å². The summed E-state index contributed by atoms with van der Waals surface area (Å²) in [4.78, 5) is 13.9. The van der Waals surface area contributed by atoms with E-state index in [0.29, 0.717) is 27.3 Å². The molecule has 0 aliphatic rings. The van der Waals surface area contributed by atoms with Crippen molar-refractivity contribution in [3.63, 3.8) is 0 Å². The predicted octanol–water partition coefficient (Wildman–Crippen LogP) is 4.72. The van der Waals surface area contributed by atoms with E-state index in [1.54, 1.807) is 18.2 Å². The maximum absolute atomic E-state index is 12.1. The van der Waals surface area contributed by atoms with E-state index in [9.17, 15) is 4.79 Å². The zero-order valence-electron chi connectivity index (χ0n) is 11.9. The highest BCUT2D eigenvalue weighted by molar-refractivity contribution is 6.35. The molecule has 2 aromatic carbocycles. The summed E-state index contributed by atoms with van der Waals surface area (Å²) >= 11 is 18.0. The normalized spacial score (nSPS) is 10.8. The van der Waals surface area contributed by atoms with Crippen LogP contribution in [0.1, 0.15) is 5.56 Å². The highest BCUT2D eigenvalue weighted by atomic mass is 35.5. The molecule has 0 heterocycles. The molecular weight excluding hydrogens is 343 g/mol. The molecule has 0 radical (unpaired) electrons. The molecule has 0 aliphatic carbocycles. The first-order valence-corrected chi connectivity index (χ1v) is 7.76. The Morgan fingerprint density at radius 1 is 1.09 bits per heavy atom. The zero-order valence-corrected chi connectivity index (χ0v) is 14.2. The summed E-state index contributed by atoms with van der Waals surface area (Å²) in [6.45, 7) is 0.796. The minimum Gasteiger partial charge on any atom is -0.324 e. The molecule has 0 aliphatic heterocycles. The minimum absolute atomic E-state index is 0.168. The highest BCUT2D eigenvalue weighted by Gasteiger charge is 2.11. The number of rotatable bonds is 5. The number of carbonyl (C=O) groups is 1. The van der Waals surface area contributed by atoms with Crippen LogP contribution in [0.4, 0.5) is 5.69 Å². The number of benzene rings is 2. The van der Waals surface area contributed by atoms with E-state index in [-0.39, 0.29) is 12.5 Å². The van der Waals surface area contributed by atoms with Crippen molar-refractivity contribution >= 4 is 46.4 Å². The van der Waals surface area contributed by atoms with Gasteiger partial charge in [0.15, 0.2) is 0 Å². The summed E-state index contributed by atoms with van der Waals surface area (Å²) in [5.41, 5.74) is 1.48. The lowest BCUT2D eigenvalue weighted by Gasteiger charge is -2.17. The molecule has 0 saturated carbocycles. The standard InChI is InChI=1S/C16H15Cl3N2O/c1-21(9-11-4-2-3-5-13(11)18)10-16(22)20-15-8-12(17)6-7-14(15)19/h2-8H,9-10H2,1H3,(H,20,22). The average Bonchev–Trinajstić information content (AvgIpc) is 2.45. The van der Waals surface area contributed by atoms with Crippen LogP contribution in [0.3, 0.4) is 0 Å². The van der Waals surface area contributed by atoms with E-state index in [1.165, 1.54) is 0 Å². The second-order valence-corrected chi connectivity index (χ2v) is 6.19. The number of anilines is 1. The van der Waals surface area contributed by atoms with Crippen LogP contribution in [-0.2, 0) is 11.3 Å². The summed E-state index contributed by atoms with van der Waals surface area (Å²) in [5, 5.41) is 4.41. The van der Waals surface area contributed by atoms with Crippen LogP contribution in [-0.4, -0.2) is 24.4 Å². The summed E-state index contributed by atoms with van der Waals surface area (Å²) < 4.78 is 0. The molecule has 0 atom stereocenters. The monoisotopic (exact) mass is 356 g/mol. The Bertz CT molecular complexity index is 676. The van der Waals surface area contributed by atoms with Crippen LogP contribution in [0.5, 0.6) is 0 Å². The van der Waals surface area contributed by atoms with Crippen LogP contribution in [0.25, 0.3) is 0 Å². The number of halogens is 3. The van der Waals surface area contributed by atoms with Crippen LogP contribution < -0.4 is 5.32 Å². The molecule has 2 aromatic rings. The van der Waals surface area contributed by atoms with Crippen molar-refractivity contribution in [2.24, 2.45) is 0 Å². The van der Waals surface area contributed by atoms with Gasteiger partial charge >= 0.3 is 0 Å². The van der Waals surface area contributed by atoms with Gasteiger partial charge in [-0.25, -0.2) is 0 Å². The van der Waals surface area contributed by atoms with Crippen LogP contribution in [0, 0.1) is 0 Å². The molecule has 2 rings (SSSR count). The lowest BCUT2D eigenvalue weighted by atomic mass is 10.2. The molecule has 116 valence electrons. The Morgan fingerprint density at radius 3 is 2.55 bits per heavy atom. The lowest BCUT2D eigenvalue weighted by molar-refractivity contribution is -0.117. The molecule has 6 heteroatoms. The molecule has 0 fully saturated rings. The van der Waals surface area contributed by atoms with Crippen LogP contribution in [0.2, 0.25) is 15.1 Å². The number of hydrogen-bond donors (Lipinski definition) is 1. The van der Waals surface area contributed by atoms with E-state index in [0.717, 1.165) is 5.56 Å². The van der Waals surface area contributed by atoms with Crippen molar-refractivity contribution in [2.45, 2.75) is 6.54 Å². The second-order valence-electron chi connectivity index (χ2n) is 4.94. The minimum atomic E-state index is -0.168. The van der Waals surface area contributed by atoms with E-state index in [1.807, 2.05) is 36.2 Å². The van der Waals surface area contributed by atoms with E-state index < -0.39 is 0 Å². The first kappa shape index (κ1) is 17.1. The molecule has 1 amide bonds. The third-order valence-corrected chi connectivity index (χ3v) is 3.95. The molecule has 1 N–H and O–H groups in total. The fourth-order valence-corrected chi connectivity index (χ4v) is 2.53. The van der Waals surface area contributed by atoms with Gasteiger partial charge < -0.3 is 5.32 Å². The molecule has 22 heavy (non-hydrogen) atoms. The van der Waals surface area contributed by atoms with Crippen molar-refractivity contribution in [1.82, 2.24) is 4.90 Å². The Balaban J connectivity index is 1.94. The summed E-state index contributed by atoms with van der Waals surface area (Å²) in [5.74, 6) is -0.168. The molecule has 0 aromatic heterocycles. The third kappa shape index (κ3) is 4.89.